The number of hydrogen-bond acceptors (Lipinski definition) is 5. The predicted molar refractivity (Wildman–Crippen MR) is 214 cm³/mol. The molecule has 0 aliphatic carbocycles. The van der Waals surface area contributed by atoms with Gasteiger partial charge < -0.3 is 14.6 Å². The van der Waals surface area contributed by atoms with Gasteiger partial charge in [0, 0.05) is 12.8 Å². The number of rotatable bonds is 36. The fourth-order valence-corrected chi connectivity index (χ4v) is 5.41. The van der Waals surface area contributed by atoms with Crippen molar-refractivity contribution in [2.24, 2.45) is 0 Å². The van der Waals surface area contributed by atoms with Crippen molar-refractivity contribution in [3.05, 3.63) is 72.9 Å². The minimum Gasteiger partial charge on any atom is -0.462 e. The molecule has 0 unspecified atom stereocenters. The van der Waals surface area contributed by atoms with Crippen molar-refractivity contribution in [2.75, 3.05) is 13.2 Å². The Labute approximate surface area is 308 Å². The molecule has 286 valence electrons. The standard InChI is InChI=1S/C45H76O5/c1-3-5-7-9-11-13-15-17-19-21-22-24-26-28-30-32-34-36-38-40-45(48)50-43(41-46)42-49-44(47)39-37-35-33-31-29-27-25-23-20-18-16-14-12-10-8-6-4-2/h6,8,12,14,17-20,25,27,31,33,43,46H,3-5,7,9-11,13,15-16,21-24,26,28-30,32,34-42H2,1-2H3/b8-6+,14-12+,19-17+,20-18+,27-25+,33-31+/t43-/m0/s1. The van der Waals surface area contributed by atoms with Crippen LogP contribution in [0.25, 0.3) is 0 Å². The Morgan fingerprint density at radius 1 is 0.480 bits per heavy atom. The molecule has 1 N–H and O–H groups in total. The minimum absolute atomic E-state index is 0.0990. The van der Waals surface area contributed by atoms with E-state index in [0.29, 0.717) is 19.3 Å². The highest BCUT2D eigenvalue weighted by molar-refractivity contribution is 5.70. The van der Waals surface area contributed by atoms with E-state index in [1.54, 1.807) is 0 Å². The molecule has 0 aromatic heterocycles. The molecule has 0 rings (SSSR count). The van der Waals surface area contributed by atoms with Crippen molar-refractivity contribution >= 4 is 11.9 Å². The minimum atomic E-state index is -0.798. The number of carbonyl (C=O) groups is 2. The van der Waals surface area contributed by atoms with Crippen molar-refractivity contribution in [1.29, 1.82) is 0 Å². The Kier molecular flexibility index (Phi) is 38.6. The second-order valence-electron chi connectivity index (χ2n) is 13.3. The van der Waals surface area contributed by atoms with E-state index in [-0.39, 0.29) is 25.2 Å². The van der Waals surface area contributed by atoms with Crippen molar-refractivity contribution < 1.29 is 24.2 Å². The molecule has 0 bridgehead atoms. The number of hydrogen-bond donors (Lipinski definition) is 1. The van der Waals surface area contributed by atoms with Gasteiger partial charge in [-0.05, 0) is 77.0 Å². The molecular formula is C45H76O5. The predicted octanol–water partition coefficient (Wildman–Crippen LogP) is 13.0. The third-order valence-electron chi connectivity index (χ3n) is 8.48. The number of unbranched alkanes of at least 4 members (excludes halogenated alkanes) is 16. The van der Waals surface area contributed by atoms with Crippen LogP contribution in [0.2, 0.25) is 0 Å². The zero-order valence-corrected chi connectivity index (χ0v) is 32.4. The summed E-state index contributed by atoms with van der Waals surface area (Å²) in [5.41, 5.74) is 0. The highest BCUT2D eigenvalue weighted by Gasteiger charge is 2.16. The summed E-state index contributed by atoms with van der Waals surface area (Å²) in [5, 5.41) is 9.56. The Morgan fingerprint density at radius 3 is 1.38 bits per heavy atom. The third kappa shape index (κ3) is 38.1. The van der Waals surface area contributed by atoms with Crippen LogP contribution in [0.15, 0.2) is 72.9 Å². The summed E-state index contributed by atoms with van der Waals surface area (Å²) in [4.78, 5) is 24.3. The van der Waals surface area contributed by atoms with Crippen LogP contribution in [0.1, 0.15) is 181 Å². The quantitative estimate of drug-likeness (QED) is 0.0401. The first-order valence-electron chi connectivity index (χ1n) is 20.5. The average Bonchev–Trinajstić information content (AvgIpc) is 3.12. The molecule has 0 heterocycles. The fraction of sp³-hybridized carbons (Fsp3) is 0.689. The molecule has 0 amide bonds. The van der Waals surface area contributed by atoms with Crippen LogP contribution in [0.5, 0.6) is 0 Å². The van der Waals surface area contributed by atoms with Crippen LogP contribution < -0.4 is 0 Å². The zero-order valence-electron chi connectivity index (χ0n) is 32.4. The lowest BCUT2D eigenvalue weighted by atomic mass is 10.1. The molecule has 0 fully saturated rings. The van der Waals surface area contributed by atoms with Gasteiger partial charge in [-0.2, -0.15) is 0 Å². The Balaban J connectivity index is 3.65. The van der Waals surface area contributed by atoms with Crippen LogP contribution in [0.3, 0.4) is 0 Å². The van der Waals surface area contributed by atoms with Gasteiger partial charge in [0.15, 0.2) is 6.10 Å². The monoisotopic (exact) mass is 697 g/mol. The third-order valence-corrected chi connectivity index (χ3v) is 8.48. The molecule has 50 heavy (non-hydrogen) atoms. The van der Waals surface area contributed by atoms with Gasteiger partial charge in [-0.25, -0.2) is 0 Å². The van der Waals surface area contributed by atoms with Gasteiger partial charge in [0.05, 0.1) is 6.61 Å². The van der Waals surface area contributed by atoms with Gasteiger partial charge in [0.2, 0.25) is 0 Å². The van der Waals surface area contributed by atoms with Crippen LogP contribution in [0.4, 0.5) is 0 Å². The van der Waals surface area contributed by atoms with Crippen LogP contribution >= 0.6 is 0 Å². The number of allylic oxidation sites excluding steroid dienone is 12. The molecule has 0 aliphatic rings. The highest BCUT2D eigenvalue weighted by Crippen LogP contribution is 2.13. The van der Waals surface area contributed by atoms with Crippen LogP contribution in [-0.2, 0) is 19.1 Å². The number of aliphatic hydroxyl groups excluding tert-OH is 1. The van der Waals surface area contributed by atoms with E-state index in [0.717, 1.165) is 57.8 Å². The molecule has 0 aromatic rings. The van der Waals surface area contributed by atoms with Gasteiger partial charge in [-0.15, -0.1) is 0 Å². The van der Waals surface area contributed by atoms with Crippen LogP contribution in [-0.4, -0.2) is 36.4 Å². The average molecular weight is 697 g/mol. The van der Waals surface area contributed by atoms with E-state index in [1.165, 1.54) is 89.9 Å². The fourth-order valence-electron chi connectivity index (χ4n) is 5.41. The van der Waals surface area contributed by atoms with Gasteiger partial charge in [-0.3, -0.25) is 9.59 Å². The molecule has 5 nitrogen and oxygen atoms in total. The smallest absolute Gasteiger partial charge is 0.306 e. The van der Waals surface area contributed by atoms with E-state index in [9.17, 15) is 14.7 Å². The largest absolute Gasteiger partial charge is 0.462 e. The highest BCUT2D eigenvalue weighted by atomic mass is 16.6. The molecular weight excluding hydrogens is 620 g/mol. The van der Waals surface area contributed by atoms with Crippen molar-refractivity contribution in [3.63, 3.8) is 0 Å². The normalized spacial score (nSPS) is 12.9. The first-order valence-corrected chi connectivity index (χ1v) is 20.5. The summed E-state index contributed by atoms with van der Waals surface area (Å²) < 4.78 is 10.6. The molecule has 5 heteroatoms. The van der Waals surface area contributed by atoms with Gasteiger partial charge >= 0.3 is 11.9 Å². The van der Waals surface area contributed by atoms with Gasteiger partial charge in [0.1, 0.15) is 6.61 Å². The molecule has 1 atom stereocenters. The lowest BCUT2D eigenvalue weighted by Crippen LogP contribution is -2.28. The molecule has 0 saturated heterocycles. The van der Waals surface area contributed by atoms with E-state index in [4.69, 9.17) is 9.47 Å². The van der Waals surface area contributed by atoms with Gasteiger partial charge in [0.25, 0.3) is 0 Å². The molecule has 0 aromatic carbocycles. The maximum Gasteiger partial charge on any atom is 0.306 e. The number of aliphatic hydroxyl groups is 1. The molecule has 0 spiro atoms. The van der Waals surface area contributed by atoms with Crippen molar-refractivity contribution in [1.82, 2.24) is 0 Å². The molecule has 0 saturated carbocycles. The molecule has 0 aliphatic heterocycles. The Hall–Kier alpha value is -2.66. The first kappa shape index (κ1) is 47.3. The zero-order chi connectivity index (χ0) is 36.4. The summed E-state index contributed by atoms with van der Waals surface area (Å²) >= 11 is 0. The lowest BCUT2D eigenvalue weighted by molar-refractivity contribution is -0.161. The summed E-state index contributed by atoms with van der Waals surface area (Å²) in [6.07, 6.45) is 54.0. The molecule has 0 radical (unpaired) electrons. The lowest BCUT2D eigenvalue weighted by Gasteiger charge is -2.15. The second kappa shape index (κ2) is 40.8. The number of carbonyl (C=O) groups excluding carboxylic acids is 2. The summed E-state index contributed by atoms with van der Waals surface area (Å²) in [7, 11) is 0. The topological polar surface area (TPSA) is 72.8 Å². The van der Waals surface area contributed by atoms with E-state index in [2.05, 4.69) is 86.8 Å². The summed E-state index contributed by atoms with van der Waals surface area (Å²) in [5.74, 6) is -0.665. The Morgan fingerprint density at radius 2 is 0.880 bits per heavy atom. The summed E-state index contributed by atoms with van der Waals surface area (Å²) in [6, 6.07) is 0. The van der Waals surface area contributed by atoms with E-state index >= 15 is 0 Å². The SMILES string of the molecule is CC/C=C/C/C=C/C/C=C/C/C=C/C/C=C/CCCC(=O)OC[C@H](CO)OC(=O)CCCCCCCCCCC/C=C/CCCCCCCC. The van der Waals surface area contributed by atoms with Crippen LogP contribution in [0, 0.1) is 0 Å². The number of esters is 2. The van der Waals surface area contributed by atoms with E-state index in [1.807, 2.05) is 0 Å². The van der Waals surface area contributed by atoms with E-state index < -0.39 is 6.10 Å². The first-order chi connectivity index (χ1) is 24.6. The van der Waals surface area contributed by atoms with Crippen molar-refractivity contribution in [3.8, 4) is 0 Å². The maximum absolute atomic E-state index is 12.2. The second-order valence-corrected chi connectivity index (χ2v) is 13.3. The Bertz CT molecular complexity index is 926. The van der Waals surface area contributed by atoms with Gasteiger partial charge in [-0.1, -0.05) is 164 Å². The maximum atomic E-state index is 12.2. The number of ether oxygens (including phenoxy) is 2. The summed E-state index contributed by atoms with van der Waals surface area (Å²) in [6.45, 7) is 3.96. The van der Waals surface area contributed by atoms with Crippen molar-refractivity contribution in [2.45, 2.75) is 187 Å².